The van der Waals surface area contributed by atoms with Gasteiger partial charge in [-0.1, -0.05) is 18.2 Å². The summed E-state index contributed by atoms with van der Waals surface area (Å²) in [6.45, 7) is 0.795. The molecule has 18 heavy (non-hydrogen) atoms. The van der Waals surface area contributed by atoms with Crippen LogP contribution in [-0.4, -0.2) is 45.3 Å². The van der Waals surface area contributed by atoms with Gasteiger partial charge in [-0.2, -0.15) is 0 Å². The van der Waals surface area contributed by atoms with E-state index >= 15 is 0 Å². The minimum Gasteiger partial charge on any atom is -0.352 e. The van der Waals surface area contributed by atoms with E-state index in [9.17, 15) is 8.42 Å². The molecule has 0 saturated heterocycles. The second-order valence-electron chi connectivity index (χ2n) is 4.59. The van der Waals surface area contributed by atoms with Gasteiger partial charge in [0, 0.05) is 32.9 Å². The molecule has 5 nitrogen and oxygen atoms in total. The van der Waals surface area contributed by atoms with Crippen molar-refractivity contribution < 1.29 is 8.42 Å². The van der Waals surface area contributed by atoms with Gasteiger partial charge in [-0.25, -0.2) is 12.7 Å². The van der Waals surface area contributed by atoms with Gasteiger partial charge in [-0.15, -0.1) is 0 Å². The molecule has 1 heterocycles. The van der Waals surface area contributed by atoms with E-state index in [-0.39, 0.29) is 6.54 Å². The van der Waals surface area contributed by atoms with Crippen molar-refractivity contribution in [3.05, 3.63) is 29.8 Å². The van der Waals surface area contributed by atoms with E-state index in [2.05, 4.69) is 0 Å². The molecular formula is C12H19N3O2S. The first-order chi connectivity index (χ1) is 8.48. The Morgan fingerprint density at radius 2 is 2.06 bits per heavy atom. The van der Waals surface area contributed by atoms with Gasteiger partial charge >= 0.3 is 0 Å². The zero-order chi connectivity index (χ0) is 13.3. The van der Waals surface area contributed by atoms with Crippen LogP contribution in [0, 0.1) is 0 Å². The summed E-state index contributed by atoms with van der Waals surface area (Å²) in [5, 5.41) is -0.684. The number of anilines is 1. The maximum atomic E-state index is 12.3. The van der Waals surface area contributed by atoms with E-state index in [1.807, 2.05) is 29.2 Å². The van der Waals surface area contributed by atoms with Crippen LogP contribution in [0.3, 0.4) is 0 Å². The first kappa shape index (κ1) is 13.3. The maximum Gasteiger partial charge on any atom is 0.236 e. The predicted octanol–water partition coefficient (Wildman–Crippen LogP) is 0.225. The number of sulfonamides is 1. The number of hydrogen-bond acceptors (Lipinski definition) is 4. The van der Waals surface area contributed by atoms with E-state index in [4.69, 9.17) is 5.73 Å². The number of fused-ring (bicyclic) bond motifs is 1. The molecule has 0 aromatic heterocycles. The topological polar surface area (TPSA) is 66.6 Å². The third kappa shape index (κ3) is 2.11. The molecule has 0 spiro atoms. The fraction of sp³-hybridized carbons (Fsp3) is 0.500. The zero-order valence-electron chi connectivity index (χ0n) is 10.7. The molecule has 2 rings (SSSR count). The summed E-state index contributed by atoms with van der Waals surface area (Å²) in [5.74, 6) is 0. The Hall–Kier alpha value is -1.11. The third-order valence-electron chi connectivity index (χ3n) is 3.33. The first-order valence-electron chi connectivity index (χ1n) is 5.94. The Bertz CT molecular complexity index is 528. The molecule has 1 aliphatic heterocycles. The number of benzene rings is 1. The minimum atomic E-state index is -3.38. The molecule has 0 radical (unpaired) electrons. The number of nitrogens with two attached hydrogens (primary N) is 1. The number of rotatable bonds is 4. The average Bonchev–Trinajstić information content (AvgIpc) is 2.74. The van der Waals surface area contributed by atoms with Crippen molar-refractivity contribution in [2.45, 2.75) is 11.8 Å². The van der Waals surface area contributed by atoms with Gasteiger partial charge in [0.2, 0.25) is 10.0 Å². The van der Waals surface area contributed by atoms with Gasteiger partial charge in [0.1, 0.15) is 0 Å². The zero-order valence-corrected chi connectivity index (χ0v) is 11.5. The van der Waals surface area contributed by atoms with Gasteiger partial charge < -0.3 is 10.6 Å². The lowest BCUT2D eigenvalue weighted by Gasteiger charge is -2.31. The van der Waals surface area contributed by atoms with Crippen molar-refractivity contribution in [1.29, 1.82) is 0 Å². The molecule has 1 aromatic rings. The van der Waals surface area contributed by atoms with Crippen LogP contribution in [0.4, 0.5) is 5.69 Å². The van der Waals surface area contributed by atoms with Crippen molar-refractivity contribution in [3.8, 4) is 0 Å². The summed E-state index contributed by atoms with van der Waals surface area (Å²) in [7, 11) is -0.298. The maximum absolute atomic E-state index is 12.3. The monoisotopic (exact) mass is 269 g/mol. The molecule has 0 bridgehead atoms. The van der Waals surface area contributed by atoms with Gasteiger partial charge in [0.15, 0.2) is 5.37 Å². The summed E-state index contributed by atoms with van der Waals surface area (Å²) in [5.41, 5.74) is 7.86. The molecule has 1 unspecified atom stereocenters. The molecule has 6 heteroatoms. The molecule has 2 N–H and O–H groups in total. The summed E-state index contributed by atoms with van der Waals surface area (Å²) >= 11 is 0. The van der Waals surface area contributed by atoms with Gasteiger partial charge in [-0.05, 0) is 18.1 Å². The molecule has 100 valence electrons. The van der Waals surface area contributed by atoms with E-state index < -0.39 is 15.4 Å². The van der Waals surface area contributed by atoms with Crippen molar-refractivity contribution in [2.24, 2.45) is 5.73 Å². The van der Waals surface area contributed by atoms with Crippen molar-refractivity contribution in [1.82, 2.24) is 4.31 Å². The summed E-state index contributed by atoms with van der Waals surface area (Å²) in [6.07, 6.45) is 0.871. The van der Waals surface area contributed by atoms with Crippen LogP contribution < -0.4 is 10.6 Å². The van der Waals surface area contributed by atoms with Crippen LogP contribution in [0.5, 0.6) is 0 Å². The molecule has 0 fully saturated rings. The SMILES string of the molecule is CN(C)S(=O)(=O)C(CN)N1CCc2ccccc21. The highest BCUT2D eigenvalue weighted by atomic mass is 32.2. The highest BCUT2D eigenvalue weighted by Gasteiger charge is 2.35. The minimum absolute atomic E-state index is 0.0921. The fourth-order valence-corrected chi connectivity index (χ4v) is 3.59. The summed E-state index contributed by atoms with van der Waals surface area (Å²) in [6, 6.07) is 7.88. The van der Waals surface area contributed by atoms with Gasteiger partial charge in [-0.3, -0.25) is 0 Å². The molecule has 1 aromatic carbocycles. The Morgan fingerprint density at radius 3 is 2.67 bits per heavy atom. The highest BCUT2D eigenvalue weighted by Crippen LogP contribution is 2.30. The molecule has 0 amide bonds. The van der Waals surface area contributed by atoms with E-state index in [1.165, 1.54) is 9.87 Å². The lowest BCUT2D eigenvalue weighted by Crippen LogP contribution is -2.49. The van der Waals surface area contributed by atoms with Gasteiger partial charge in [0.05, 0.1) is 0 Å². The highest BCUT2D eigenvalue weighted by molar-refractivity contribution is 7.89. The average molecular weight is 269 g/mol. The van der Waals surface area contributed by atoms with Crippen LogP contribution >= 0.6 is 0 Å². The number of hydrogen-bond donors (Lipinski definition) is 1. The Balaban J connectivity index is 2.38. The van der Waals surface area contributed by atoms with Crippen molar-refractivity contribution >= 4 is 15.7 Å². The molecule has 0 aliphatic carbocycles. The van der Waals surface area contributed by atoms with E-state index in [1.54, 1.807) is 14.1 Å². The fourth-order valence-electron chi connectivity index (χ4n) is 2.32. The molecule has 1 aliphatic rings. The lowest BCUT2D eigenvalue weighted by atomic mass is 10.2. The Kier molecular flexibility index (Phi) is 3.61. The van der Waals surface area contributed by atoms with Gasteiger partial charge in [0.25, 0.3) is 0 Å². The Morgan fingerprint density at radius 1 is 1.39 bits per heavy atom. The third-order valence-corrected chi connectivity index (χ3v) is 5.48. The number of nitrogens with zero attached hydrogens (tertiary/aromatic N) is 2. The van der Waals surface area contributed by atoms with E-state index in [0.29, 0.717) is 6.54 Å². The molecular weight excluding hydrogens is 250 g/mol. The first-order valence-corrected chi connectivity index (χ1v) is 7.44. The quantitative estimate of drug-likeness (QED) is 0.849. The lowest BCUT2D eigenvalue weighted by molar-refractivity contribution is 0.501. The Labute approximate surface area is 108 Å². The molecule has 1 atom stereocenters. The number of para-hydroxylation sites is 1. The normalized spacial score (nSPS) is 17.0. The van der Waals surface area contributed by atoms with E-state index in [0.717, 1.165) is 12.1 Å². The van der Waals surface area contributed by atoms with Crippen molar-refractivity contribution in [3.63, 3.8) is 0 Å². The predicted molar refractivity (Wildman–Crippen MR) is 72.9 cm³/mol. The van der Waals surface area contributed by atoms with Crippen LogP contribution in [-0.2, 0) is 16.4 Å². The second-order valence-corrected chi connectivity index (χ2v) is 6.89. The van der Waals surface area contributed by atoms with Crippen LogP contribution in [0.25, 0.3) is 0 Å². The van der Waals surface area contributed by atoms with Crippen LogP contribution in [0.1, 0.15) is 5.56 Å². The van der Waals surface area contributed by atoms with Crippen LogP contribution in [0.2, 0.25) is 0 Å². The second kappa shape index (κ2) is 4.87. The largest absolute Gasteiger partial charge is 0.352 e. The molecule has 0 saturated carbocycles. The smallest absolute Gasteiger partial charge is 0.236 e. The van der Waals surface area contributed by atoms with Crippen molar-refractivity contribution in [2.75, 3.05) is 32.1 Å². The van der Waals surface area contributed by atoms with Crippen LogP contribution in [0.15, 0.2) is 24.3 Å². The standard InChI is InChI=1S/C12H19N3O2S/c1-14(2)18(16,17)12(9-13)15-8-7-10-5-3-4-6-11(10)15/h3-6,12H,7-9,13H2,1-2H3. The summed E-state index contributed by atoms with van der Waals surface area (Å²) < 4.78 is 25.8. The summed E-state index contributed by atoms with van der Waals surface area (Å²) in [4.78, 5) is 1.89.